The molecule has 114 valence electrons. The Bertz CT molecular complexity index is 223. The van der Waals surface area contributed by atoms with Gasteiger partial charge in [0.05, 0.1) is 0 Å². The number of unbranched alkanes of at least 4 members (excludes halogenated alkanes) is 3. The summed E-state index contributed by atoms with van der Waals surface area (Å²) in [6.45, 7) is 15.3. The second-order valence-corrected chi connectivity index (χ2v) is 5.65. The Morgan fingerprint density at radius 2 is 1.79 bits per heavy atom. The summed E-state index contributed by atoms with van der Waals surface area (Å²) in [6, 6.07) is 0.584. The number of allylic oxidation sites excluding steroid dienone is 1. The molecular weight excluding hydrogens is 232 g/mol. The molecule has 0 aliphatic carbocycles. The van der Waals surface area contributed by atoms with Gasteiger partial charge in [-0.15, -0.1) is 6.58 Å². The second-order valence-electron chi connectivity index (χ2n) is 5.65. The normalized spacial score (nSPS) is 16.3. The van der Waals surface area contributed by atoms with Gasteiger partial charge in [-0.3, -0.25) is 4.90 Å². The maximum atomic E-state index is 3.79. The first kappa shape index (κ1) is 18.7. The predicted octanol–water partition coefficient (Wildman–Crippen LogP) is 4.22. The highest BCUT2D eigenvalue weighted by Crippen LogP contribution is 2.26. The highest BCUT2D eigenvalue weighted by atomic mass is 15.2. The predicted molar refractivity (Wildman–Crippen MR) is 87.7 cm³/mol. The summed E-state index contributed by atoms with van der Waals surface area (Å²) in [7, 11) is 2.12. The topological polar surface area (TPSA) is 15.3 Å². The Kier molecular flexibility index (Phi) is 10.3. The summed E-state index contributed by atoms with van der Waals surface area (Å²) < 4.78 is 0. The van der Waals surface area contributed by atoms with Crippen molar-refractivity contribution >= 4 is 0 Å². The molecule has 0 rings (SSSR count). The number of nitrogens with zero attached hydrogens (tertiary/aromatic N) is 1. The van der Waals surface area contributed by atoms with Crippen molar-refractivity contribution in [3.8, 4) is 0 Å². The van der Waals surface area contributed by atoms with Crippen LogP contribution in [0.3, 0.4) is 0 Å². The molecule has 2 nitrogen and oxygen atoms in total. The van der Waals surface area contributed by atoms with E-state index < -0.39 is 0 Å². The van der Waals surface area contributed by atoms with Crippen molar-refractivity contribution in [2.45, 2.75) is 77.8 Å². The van der Waals surface area contributed by atoms with E-state index in [1.807, 2.05) is 6.08 Å². The molecule has 0 fully saturated rings. The molecule has 0 spiro atoms. The van der Waals surface area contributed by atoms with E-state index in [0.717, 1.165) is 19.5 Å². The minimum absolute atomic E-state index is 0.274. The molecule has 0 aliphatic rings. The van der Waals surface area contributed by atoms with Crippen LogP contribution in [-0.4, -0.2) is 36.6 Å². The first-order valence-electron chi connectivity index (χ1n) is 8.13. The molecule has 0 amide bonds. The molecule has 0 bridgehead atoms. The lowest BCUT2D eigenvalue weighted by atomic mass is 9.84. The lowest BCUT2D eigenvalue weighted by molar-refractivity contribution is 0.0686. The number of hydrogen-bond donors (Lipinski definition) is 1. The molecule has 2 heteroatoms. The van der Waals surface area contributed by atoms with E-state index in [1.165, 1.54) is 32.1 Å². The van der Waals surface area contributed by atoms with Gasteiger partial charge in [-0.05, 0) is 52.7 Å². The lowest BCUT2D eigenvalue weighted by Crippen LogP contribution is -2.58. The zero-order chi connectivity index (χ0) is 14.7. The molecule has 1 N–H and O–H groups in total. The lowest BCUT2D eigenvalue weighted by Gasteiger charge is -2.46. The minimum Gasteiger partial charge on any atom is -0.315 e. The molecular formula is C17H36N2. The van der Waals surface area contributed by atoms with Crippen LogP contribution in [0.15, 0.2) is 12.7 Å². The average molecular weight is 268 g/mol. The molecule has 19 heavy (non-hydrogen) atoms. The Morgan fingerprint density at radius 1 is 1.16 bits per heavy atom. The Labute approximate surface area is 121 Å². The van der Waals surface area contributed by atoms with Crippen molar-refractivity contribution in [2.75, 3.05) is 20.1 Å². The molecule has 2 atom stereocenters. The molecule has 2 unspecified atom stereocenters. The van der Waals surface area contributed by atoms with Crippen molar-refractivity contribution in [3.05, 3.63) is 12.7 Å². The molecule has 0 aromatic rings. The molecule has 0 aromatic heterocycles. The van der Waals surface area contributed by atoms with Gasteiger partial charge in [0.15, 0.2) is 0 Å². The fourth-order valence-electron chi connectivity index (χ4n) is 3.22. The van der Waals surface area contributed by atoms with Crippen molar-refractivity contribution in [1.82, 2.24) is 10.2 Å². The zero-order valence-corrected chi connectivity index (χ0v) is 14.0. The van der Waals surface area contributed by atoms with Gasteiger partial charge < -0.3 is 5.32 Å². The highest BCUT2D eigenvalue weighted by Gasteiger charge is 2.35. The van der Waals surface area contributed by atoms with Crippen LogP contribution < -0.4 is 5.32 Å². The summed E-state index contributed by atoms with van der Waals surface area (Å²) in [5, 5.41) is 3.57. The van der Waals surface area contributed by atoms with Gasteiger partial charge in [0, 0.05) is 11.6 Å². The third-order valence-corrected chi connectivity index (χ3v) is 4.70. The fraction of sp³-hybridized carbons (Fsp3) is 0.882. The number of hydrogen-bond acceptors (Lipinski definition) is 2. The quantitative estimate of drug-likeness (QED) is 0.421. The smallest absolute Gasteiger partial charge is 0.0331 e. The van der Waals surface area contributed by atoms with E-state index in [9.17, 15) is 0 Å². The SMILES string of the molecule is C=CCCCCCC(NC)C(C)(CC)N(CC)CC. The highest BCUT2D eigenvalue weighted by molar-refractivity contribution is 4.95. The molecule has 0 aromatic carbocycles. The van der Waals surface area contributed by atoms with E-state index in [4.69, 9.17) is 0 Å². The summed E-state index contributed by atoms with van der Waals surface area (Å²) in [5.41, 5.74) is 0.274. The monoisotopic (exact) mass is 268 g/mol. The third-order valence-electron chi connectivity index (χ3n) is 4.70. The van der Waals surface area contributed by atoms with Crippen LogP contribution in [0.2, 0.25) is 0 Å². The first-order valence-corrected chi connectivity index (χ1v) is 8.13. The van der Waals surface area contributed by atoms with Gasteiger partial charge in [0.2, 0.25) is 0 Å². The van der Waals surface area contributed by atoms with E-state index in [2.05, 4.69) is 51.5 Å². The number of likely N-dealkylation sites (N-methyl/N-ethyl adjacent to an activating group) is 2. The van der Waals surface area contributed by atoms with Crippen LogP contribution in [0.5, 0.6) is 0 Å². The molecule has 0 saturated carbocycles. The average Bonchev–Trinajstić information content (AvgIpc) is 2.43. The first-order chi connectivity index (χ1) is 9.10. The van der Waals surface area contributed by atoms with Crippen LogP contribution in [0.25, 0.3) is 0 Å². The molecule has 0 radical (unpaired) electrons. The van der Waals surface area contributed by atoms with Crippen molar-refractivity contribution in [1.29, 1.82) is 0 Å². The maximum absolute atomic E-state index is 3.79. The Morgan fingerprint density at radius 3 is 2.21 bits per heavy atom. The Hall–Kier alpha value is -0.340. The van der Waals surface area contributed by atoms with Gasteiger partial charge in [0.25, 0.3) is 0 Å². The zero-order valence-electron chi connectivity index (χ0n) is 14.0. The van der Waals surface area contributed by atoms with Crippen LogP contribution in [0.4, 0.5) is 0 Å². The van der Waals surface area contributed by atoms with Gasteiger partial charge in [-0.1, -0.05) is 39.7 Å². The summed E-state index contributed by atoms with van der Waals surface area (Å²) in [4.78, 5) is 2.61. The van der Waals surface area contributed by atoms with Crippen LogP contribution in [0, 0.1) is 0 Å². The summed E-state index contributed by atoms with van der Waals surface area (Å²) in [6.07, 6.45) is 9.58. The van der Waals surface area contributed by atoms with Crippen molar-refractivity contribution in [3.63, 3.8) is 0 Å². The van der Waals surface area contributed by atoms with E-state index in [1.54, 1.807) is 0 Å². The second kappa shape index (κ2) is 10.4. The summed E-state index contributed by atoms with van der Waals surface area (Å²) >= 11 is 0. The number of nitrogens with one attached hydrogen (secondary N) is 1. The van der Waals surface area contributed by atoms with Gasteiger partial charge in [0.1, 0.15) is 0 Å². The van der Waals surface area contributed by atoms with Crippen molar-refractivity contribution < 1.29 is 0 Å². The maximum Gasteiger partial charge on any atom is 0.0331 e. The van der Waals surface area contributed by atoms with Gasteiger partial charge >= 0.3 is 0 Å². The van der Waals surface area contributed by atoms with Crippen LogP contribution >= 0.6 is 0 Å². The largest absolute Gasteiger partial charge is 0.315 e. The van der Waals surface area contributed by atoms with E-state index in [-0.39, 0.29) is 5.54 Å². The fourth-order valence-corrected chi connectivity index (χ4v) is 3.22. The number of rotatable bonds is 12. The minimum atomic E-state index is 0.274. The van der Waals surface area contributed by atoms with E-state index in [0.29, 0.717) is 6.04 Å². The molecule has 0 aliphatic heterocycles. The van der Waals surface area contributed by atoms with Crippen LogP contribution in [-0.2, 0) is 0 Å². The molecule has 0 heterocycles. The van der Waals surface area contributed by atoms with Crippen LogP contribution in [0.1, 0.15) is 66.2 Å². The van der Waals surface area contributed by atoms with Gasteiger partial charge in [-0.2, -0.15) is 0 Å². The Balaban J connectivity index is 4.46. The molecule has 0 saturated heterocycles. The van der Waals surface area contributed by atoms with Gasteiger partial charge in [-0.25, -0.2) is 0 Å². The standard InChI is InChI=1S/C17H36N2/c1-7-11-12-13-14-15-16(18-6)17(5,8-2)19(9-3)10-4/h7,16,18H,1,8-15H2,2-6H3. The third kappa shape index (κ3) is 5.66. The van der Waals surface area contributed by atoms with E-state index >= 15 is 0 Å². The van der Waals surface area contributed by atoms with Crippen molar-refractivity contribution in [2.24, 2.45) is 0 Å². The summed E-state index contributed by atoms with van der Waals surface area (Å²) in [5.74, 6) is 0.